The molecule has 0 unspecified atom stereocenters. The standard InChI is InChI=1S/C22H14F18O2Si/c1-11-3-7-13(8-4-11)43(14-9-5-12(2)6-10-14,41-15(17(23,24)25,18(26,27)28)19(29,30)31)42-16(20(32,33)34,21(35,36)37)22(38,39)40/h3-10H,1-2H3. The summed E-state index contributed by atoms with van der Waals surface area (Å²) in [5.74, 6) is 0. The third-order valence-electron chi connectivity index (χ3n) is 5.85. The summed E-state index contributed by atoms with van der Waals surface area (Å²) in [6.45, 7) is 2.16. The smallest absolute Gasteiger partial charge is 0.358 e. The van der Waals surface area contributed by atoms with Crippen LogP contribution in [-0.4, -0.2) is 56.8 Å². The van der Waals surface area contributed by atoms with Gasteiger partial charge in [0.05, 0.1) is 0 Å². The van der Waals surface area contributed by atoms with E-state index in [0.717, 1.165) is 13.8 Å². The van der Waals surface area contributed by atoms with E-state index >= 15 is 0 Å². The van der Waals surface area contributed by atoms with Crippen molar-refractivity contribution in [3.63, 3.8) is 0 Å². The third kappa shape index (κ3) is 6.03. The Kier molecular flexibility index (Phi) is 9.12. The molecule has 2 nitrogen and oxygen atoms in total. The molecule has 0 aromatic heterocycles. The largest absolute Gasteiger partial charge is 0.434 e. The molecule has 0 atom stereocenters. The molecule has 0 fully saturated rings. The van der Waals surface area contributed by atoms with E-state index in [2.05, 4.69) is 8.85 Å². The second kappa shape index (κ2) is 10.7. The summed E-state index contributed by atoms with van der Waals surface area (Å²) in [5, 5.41) is -3.68. The predicted molar refractivity (Wildman–Crippen MR) is 111 cm³/mol. The van der Waals surface area contributed by atoms with Crippen molar-refractivity contribution in [2.24, 2.45) is 0 Å². The Bertz CT molecular complexity index is 1080. The lowest BCUT2D eigenvalue weighted by Gasteiger charge is -2.48. The van der Waals surface area contributed by atoms with Gasteiger partial charge in [-0.3, -0.25) is 0 Å². The first kappa shape index (κ1) is 36.5. The van der Waals surface area contributed by atoms with Gasteiger partial charge in [-0.25, -0.2) is 0 Å². The maximum atomic E-state index is 13.9. The number of rotatable bonds is 6. The topological polar surface area (TPSA) is 18.5 Å². The zero-order valence-electron chi connectivity index (χ0n) is 20.7. The van der Waals surface area contributed by atoms with Crippen LogP contribution in [0.5, 0.6) is 0 Å². The molecule has 0 aliphatic rings. The average molecular weight is 680 g/mol. The molecule has 0 aliphatic carbocycles. The number of alkyl halides is 18. The van der Waals surface area contributed by atoms with Crippen LogP contribution in [0.1, 0.15) is 11.1 Å². The van der Waals surface area contributed by atoms with E-state index in [0.29, 0.717) is 24.3 Å². The van der Waals surface area contributed by atoms with Gasteiger partial charge in [0.2, 0.25) is 0 Å². The highest BCUT2D eigenvalue weighted by Crippen LogP contribution is 2.59. The first-order chi connectivity index (χ1) is 18.9. The van der Waals surface area contributed by atoms with Gasteiger partial charge in [-0.15, -0.1) is 0 Å². The molecule has 0 spiro atoms. The number of aryl methyl sites for hydroxylation is 2. The SMILES string of the molecule is Cc1ccc([Si](OC(C(F)(F)F)(C(F)(F)F)C(F)(F)F)(OC(C(F)(F)F)(C(F)(F)F)C(F)(F)F)c2ccc(C)cc2)cc1. The first-order valence-electron chi connectivity index (χ1n) is 10.9. The second-order valence-corrected chi connectivity index (χ2v) is 11.7. The molecule has 0 saturated carbocycles. The van der Waals surface area contributed by atoms with Crippen LogP contribution in [0.15, 0.2) is 48.5 Å². The van der Waals surface area contributed by atoms with Gasteiger partial charge in [0.15, 0.2) is 0 Å². The molecule has 2 rings (SSSR count). The minimum Gasteiger partial charge on any atom is -0.358 e. The summed E-state index contributed by atoms with van der Waals surface area (Å²) in [5.41, 5.74) is -15.6. The van der Waals surface area contributed by atoms with Crippen LogP contribution < -0.4 is 10.4 Å². The van der Waals surface area contributed by atoms with E-state index in [-0.39, 0.29) is 35.4 Å². The Labute approximate surface area is 229 Å². The maximum absolute atomic E-state index is 13.9. The summed E-state index contributed by atoms with van der Waals surface area (Å²) < 4.78 is 258. The monoisotopic (exact) mass is 680 g/mol. The van der Waals surface area contributed by atoms with Crippen LogP contribution in [0.2, 0.25) is 0 Å². The number of halogens is 18. The highest BCUT2D eigenvalue weighted by atomic mass is 28.4. The van der Waals surface area contributed by atoms with Crippen molar-refractivity contribution in [2.45, 2.75) is 62.1 Å². The van der Waals surface area contributed by atoms with Gasteiger partial charge >= 0.3 is 56.8 Å². The molecular weight excluding hydrogens is 666 g/mol. The van der Waals surface area contributed by atoms with E-state index in [9.17, 15) is 79.0 Å². The molecular formula is C22H14F18O2Si. The minimum absolute atomic E-state index is 0.0865. The Morgan fingerprint density at radius 2 is 0.558 bits per heavy atom. The normalized spacial score (nSPS) is 15.2. The third-order valence-corrected chi connectivity index (χ3v) is 9.23. The molecule has 2 aromatic rings. The fourth-order valence-corrected chi connectivity index (χ4v) is 7.33. The van der Waals surface area contributed by atoms with Crippen molar-refractivity contribution in [3.8, 4) is 0 Å². The fraction of sp³-hybridized carbons (Fsp3) is 0.455. The fourth-order valence-electron chi connectivity index (χ4n) is 3.71. The Hall–Kier alpha value is -2.68. The Morgan fingerprint density at radius 3 is 0.721 bits per heavy atom. The number of benzene rings is 2. The highest BCUT2D eigenvalue weighted by molar-refractivity contribution is 6.92. The molecule has 0 N–H and O–H groups in total. The molecule has 0 bridgehead atoms. The molecule has 43 heavy (non-hydrogen) atoms. The zero-order chi connectivity index (χ0) is 33.9. The van der Waals surface area contributed by atoms with Crippen molar-refractivity contribution in [1.82, 2.24) is 0 Å². The average Bonchev–Trinajstić information content (AvgIpc) is 2.75. The van der Waals surface area contributed by atoms with Crippen molar-refractivity contribution >= 4 is 18.9 Å². The number of hydrogen-bond donors (Lipinski definition) is 0. The lowest BCUT2D eigenvalue weighted by atomic mass is 10.0. The highest BCUT2D eigenvalue weighted by Gasteiger charge is 2.91. The predicted octanol–water partition coefficient (Wildman–Crippen LogP) is 7.74. The lowest BCUT2D eigenvalue weighted by Crippen LogP contribution is -2.81. The molecule has 21 heteroatoms. The second-order valence-electron chi connectivity index (χ2n) is 8.90. The maximum Gasteiger partial charge on any atom is 0.434 e. The summed E-state index contributed by atoms with van der Waals surface area (Å²) in [4.78, 5) is 0. The van der Waals surface area contributed by atoms with Crippen LogP contribution in [0.3, 0.4) is 0 Å². The number of hydrogen-bond acceptors (Lipinski definition) is 2. The van der Waals surface area contributed by atoms with Gasteiger partial charge in [-0.2, -0.15) is 79.0 Å². The van der Waals surface area contributed by atoms with E-state index in [1.54, 1.807) is 0 Å². The van der Waals surface area contributed by atoms with Gasteiger partial charge in [0.1, 0.15) is 0 Å². The summed E-state index contributed by atoms with van der Waals surface area (Å²) >= 11 is 0. The molecule has 0 aliphatic heterocycles. The van der Waals surface area contributed by atoms with Gasteiger partial charge < -0.3 is 8.85 Å². The minimum atomic E-state index is -7.84. The Morgan fingerprint density at radius 1 is 0.372 bits per heavy atom. The van der Waals surface area contributed by atoms with E-state index < -0.39 is 67.2 Å². The van der Waals surface area contributed by atoms with Crippen molar-refractivity contribution in [2.75, 3.05) is 0 Å². The Balaban J connectivity index is 3.39. The van der Waals surface area contributed by atoms with Gasteiger partial charge in [0.25, 0.3) is 0 Å². The molecule has 0 radical (unpaired) electrons. The lowest BCUT2D eigenvalue weighted by molar-refractivity contribution is -0.455. The quantitative estimate of drug-likeness (QED) is 0.230. The summed E-state index contributed by atoms with van der Waals surface area (Å²) in [6, 6.07) is 2.53. The molecule has 0 saturated heterocycles. The van der Waals surface area contributed by atoms with Crippen molar-refractivity contribution < 1.29 is 87.9 Å². The van der Waals surface area contributed by atoms with Gasteiger partial charge in [-0.1, -0.05) is 59.7 Å². The van der Waals surface area contributed by atoms with Gasteiger partial charge in [-0.05, 0) is 24.2 Å². The van der Waals surface area contributed by atoms with Crippen molar-refractivity contribution in [1.29, 1.82) is 0 Å². The van der Waals surface area contributed by atoms with Gasteiger partial charge in [0, 0.05) is 0 Å². The van der Waals surface area contributed by atoms with Crippen LogP contribution in [0.25, 0.3) is 0 Å². The van der Waals surface area contributed by atoms with E-state index in [1.165, 1.54) is 0 Å². The molecule has 0 heterocycles. The molecule has 2 aromatic carbocycles. The van der Waals surface area contributed by atoms with Crippen LogP contribution >= 0.6 is 0 Å². The first-order valence-corrected chi connectivity index (χ1v) is 12.7. The van der Waals surface area contributed by atoms with E-state index in [1.807, 2.05) is 0 Å². The van der Waals surface area contributed by atoms with Crippen LogP contribution in [-0.2, 0) is 8.85 Å². The molecule has 0 amide bonds. The van der Waals surface area contributed by atoms with Crippen LogP contribution in [0, 0.1) is 13.8 Å². The summed E-state index contributed by atoms with van der Waals surface area (Å²) in [6.07, 6.45) is -46.8. The van der Waals surface area contributed by atoms with Crippen molar-refractivity contribution in [3.05, 3.63) is 59.7 Å². The zero-order valence-corrected chi connectivity index (χ0v) is 21.7. The summed E-state index contributed by atoms with van der Waals surface area (Å²) in [7, 11) is -7.84. The van der Waals surface area contributed by atoms with Crippen LogP contribution in [0.4, 0.5) is 79.0 Å². The molecule has 244 valence electrons. The van der Waals surface area contributed by atoms with E-state index in [4.69, 9.17) is 0 Å².